The number of aromatic nitrogens is 6. The summed E-state index contributed by atoms with van der Waals surface area (Å²) in [6, 6.07) is 2.40. The normalized spacial score (nSPS) is 23.0. The van der Waals surface area contributed by atoms with Gasteiger partial charge in [0.1, 0.15) is 11.6 Å². The molecule has 0 amide bonds. The predicted molar refractivity (Wildman–Crippen MR) is 99.8 cm³/mol. The Hall–Kier alpha value is -3.16. The van der Waals surface area contributed by atoms with Crippen LogP contribution < -0.4 is 11.1 Å². The fourth-order valence-electron chi connectivity index (χ4n) is 4.15. The molecule has 8 heteroatoms. The van der Waals surface area contributed by atoms with Gasteiger partial charge in [0.25, 0.3) is 0 Å². The van der Waals surface area contributed by atoms with Gasteiger partial charge in [0, 0.05) is 30.0 Å². The van der Waals surface area contributed by atoms with Crippen molar-refractivity contribution in [2.24, 2.45) is 5.92 Å². The summed E-state index contributed by atoms with van der Waals surface area (Å²) in [6.07, 6.45) is 11.1. The van der Waals surface area contributed by atoms with E-state index in [0.29, 0.717) is 23.7 Å². The zero-order chi connectivity index (χ0) is 17.7. The summed E-state index contributed by atoms with van der Waals surface area (Å²) in [4.78, 5) is 20.6. The second-order valence-corrected chi connectivity index (χ2v) is 7.07. The van der Waals surface area contributed by atoms with Crippen molar-refractivity contribution in [3.8, 4) is 0 Å². The van der Waals surface area contributed by atoms with Crippen LogP contribution in [-0.4, -0.2) is 35.4 Å². The van der Waals surface area contributed by atoms with Gasteiger partial charge in [-0.1, -0.05) is 6.92 Å². The summed E-state index contributed by atoms with van der Waals surface area (Å²) >= 11 is 0. The van der Waals surface area contributed by atoms with E-state index < -0.39 is 0 Å². The fourth-order valence-corrected chi connectivity index (χ4v) is 4.15. The number of nitrogen functional groups attached to an aromatic ring is 1. The molecular weight excluding hydrogens is 328 g/mol. The van der Waals surface area contributed by atoms with Crippen LogP contribution in [0.2, 0.25) is 0 Å². The lowest BCUT2D eigenvalue weighted by molar-refractivity contribution is 0.520. The van der Waals surface area contributed by atoms with Crippen LogP contribution in [0, 0.1) is 5.92 Å². The number of hydrogen-bond donors (Lipinski definition) is 3. The van der Waals surface area contributed by atoms with Crippen LogP contribution in [0.1, 0.15) is 31.4 Å². The number of aromatic amines is 1. The molecule has 26 heavy (non-hydrogen) atoms. The average Bonchev–Trinajstić information content (AvgIpc) is 3.34. The van der Waals surface area contributed by atoms with Gasteiger partial charge in [-0.05, 0) is 24.8 Å². The minimum Gasteiger partial charge on any atom is -0.382 e. The number of anilines is 2. The number of nitrogens with two attached hydrogens (primary N) is 1. The molecule has 0 saturated heterocycles. The van der Waals surface area contributed by atoms with Gasteiger partial charge < -0.3 is 16.0 Å². The third-order valence-corrected chi connectivity index (χ3v) is 5.36. The number of nitrogens with zero attached hydrogens (tertiary/aromatic N) is 5. The minimum atomic E-state index is 0.349. The van der Waals surface area contributed by atoms with E-state index in [4.69, 9.17) is 5.73 Å². The maximum Gasteiger partial charge on any atom is 0.156 e. The molecule has 3 atom stereocenters. The van der Waals surface area contributed by atoms with Gasteiger partial charge in [-0.15, -0.1) is 0 Å². The van der Waals surface area contributed by atoms with E-state index in [1.165, 1.54) is 5.69 Å². The van der Waals surface area contributed by atoms with E-state index in [-0.39, 0.29) is 0 Å². The molecule has 0 aromatic carbocycles. The Morgan fingerprint density at radius 3 is 2.88 bits per heavy atom. The maximum atomic E-state index is 5.61. The van der Waals surface area contributed by atoms with E-state index in [2.05, 4.69) is 47.6 Å². The van der Waals surface area contributed by atoms with Crippen molar-refractivity contribution in [3.63, 3.8) is 0 Å². The quantitative estimate of drug-likeness (QED) is 0.525. The number of fused-ring (bicyclic) bond motifs is 3. The van der Waals surface area contributed by atoms with E-state index in [0.717, 1.165) is 35.5 Å². The van der Waals surface area contributed by atoms with Crippen LogP contribution in [0.5, 0.6) is 0 Å². The zero-order valence-corrected chi connectivity index (χ0v) is 14.4. The van der Waals surface area contributed by atoms with Crippen LogP contribution in [0.3, 0.4) is 0 Å². The van der Waals surface area contributed by atoms with Gasteiger partial charge in [0.15, 0.2) is 11.3 Å². The van der Waals surface area contributed by atoms with Gasteiger partial charge in [-0.3, -0.25) is 4.40 Å². The summed E-state index contributed by atoms with van der Waals surface area (Å²) < 4.78 is 2.23. The molecule has 5 rings (SSSR count). The summed E-state index contributed by atoms with van der Waals surface area (Å²) in [5.41, 5.74) is 9.70. The monoisotopic (exact) mass is 348 g/mol. The highest BCUT2D eigenvalue weighted by Crippen LogP contribution is 2.41. The summed E-state index contributed by atoms with van der Waals surface area (Å²) in [6.45, 7) is 2.30. The molecule has 1 aliphatic rings. The van der Waals surface area contributed by atoms with E-state index >= 15 is 0 Å². The first-order valence-electron chi connectivity index (χ1n) is 8.82. The molecule has 132 valence electrons. The summed E-state index contributed by atoms with van der Waals surface area (Å²) in [5, 5.41) is 3.49. The summed E-state index contributed by atoms with van der Waals surface area (Å²) in [7, 11) is 0. The number of rotatable bonds is 3. The molecule has 4 aromatic heterocycles. The van der Waals surface area contributed by atoms with Crippen molar-refractivity contribution in [3.05, 3.63) is 42.7 Å². The molecule has 1 saturated carbocycles. The van der Waals surface area contributed by atoms with E-state index in [9.17, 15) is 0 Å². The Morgan fingerprint density at radius 2 is 2.04 bits per heavy atom. The summed E-state index contributed by atoms with van der Waals surface area (Å²) in [5.74, 6) is 2.16. The van der Waals surface area contributed by atoms with Gasteiger partial charge in [0.2, 0.25) is 0 Å². The molecular formula is C18H20N8. The van der Waals surface area contributed by atoms with Crippen LogP contribution in [0.15, 0.2) is 37.1 Å². The Bertz CT molecular complexity index is 1060. The van der Waals surface area contributed by atoms with Gasteiger partial charge in [-0.2, -0.15) is 0 Å². The minimum absolute atomic E-state index is 0.349. The Balaban J connectivity index is 1.46. The Labute approximate surface area is 149 Å². The van der Waals surface area contributed by atoms with Crippen LogP contribution in [0.4, 0.5) is 11.6 Å². The smallest absolute Gasteiger partial charge is 0.156 e. The van der Waals surface area contributed by atoms with Crippen molar-refractivity contribution >= 4 is 28.4 Å². The molecule has 0 bridgehead atoms. The molecule has 0 spiro atoms. The lowest BCUT2D eigenvalue weighted by atomic mass is 9.95. The predicted octanol–water partition coefficient (Wildman–Crippen LogP) is 2.58. The molecule has 1 aliphatic carbocycles. The molecule has 4 N–H and O–H groups in total. The Morgan fingerprint density at radius 1 is 1.12 bits per heavy atom. The molecule has 0 aliphatic heterocycles. The van der Waals surface area contributed by atoms with Crippen molar-refractivity contribution in [1.29, 1.82) is 0 Å². The zero-order valence-electron chi connectivity index (χ0n) is 14.4. The van der Waals surface area contributed by atoms with Gasteiger partial charge in [-0.25, -0.2) is 19.9 Å². The molecule has 8 nitrogen and oxygen atoms in total. The fraction of sp³-hybridized carbons (Fsp3) is 0.333. The topological polar surface area (TPSA) is 110 Å². The standard InChI is InChI=1S/C18H20N8/c1-10-4-11(25-16-8-21-15(19)7-22-16)5-12(10)14-6-23-17-9-24-18-13(26(14)17)2-3-20-18/h2-3,6-12,20H,4-5H2,1H3,(H2,19,21)(H,22,25)/t10-,11+,12+/m1/s1. The highest BCUT2D eigenvalue weighted by Gasteiger charge is 2.34. The number of H-pyrrole nitrogens is 1. The lowest BCUT2D eigenvalue weighted by Crippen LogP contribution is -2.16. The lowest BCUT2D eigenvalue weighted by Gasteiger charge is -2.15. The molecule has 0 radical (unpaired) electrons. The SMILES string of the molecule is C[C@@H]1C[C@H](Nc2cnc(N)cn2)C[C@@H]1c1cnc2cnc3[nH]ccc3n12. The van der Waals surface area contributed by atoms with Crippen LogP contribution in [-0.2, 0) is 0 Å². The first-order valence-corrected chi connectivity index (χ1v) is 8.82. The number of nitrogens with one attached hydrogen (secondary N) is 2. The molecule has 4 aromatic rings. The van der Waals surface area contributed by atoms with Crippen molar-refractivity contribution < 1.29 is 0 Å². The highest BCUT2D eigenvalue weighted by atomic mass is 15.1. The highest BCUT2D eigenvalue weighted by molar-refractivity contribution is 5.74. The largest absolute Gasteiger partial charge is 0.382 e. The molecule has 4 heterocycles. The van der Waals surface area contributed by atoms with Crippen LogP contribution in [0.25, 0.3) is 16.8 Å². The van der Waals surface area contributed by atoms with Gasteiger partial charge >= 0.3 is 0 Å². The van der Waals surface area contributed by atoms with E-state index in [1.54, 1.807) is 12.4 Å². The van der Waals surface area contributed by atoms with Crippen molar-refractivity contribution in [2.45, 2.75) is 31.7 Å². The molecule has 1 fully saturated rings. The van der Waals surface area contributed by atoms with Gasteiger partial charge in [0.05, 0.1) is 24.1 Å². The second-order valence-electron chi connectivity index (χ2n) is 7.07. The average molecular weight is 348 g/mol. The van der Waals surface area contributed by atoms with E-state index in [1.807, 2.05) is 18.6 Å². The molecule has 0 unspecified atom stereocenters. The van der Waals surface area contributed by atoms with Crippen molar-refractivity contribution in [1.82, 2.24) is 29.3 Å². The van der Waals surface area contributed by atoms with Crippen LogP contribution >= 0.6 is 0 Å². The van der Waals surface area contributed by atoms with Crippen molar-refractivity contribution in [2.75, 3.05) is 11.1 Å². The third kappa shape index (κ3) is 2.37. The number of hydrogen-bond acceptors (Lipinski definition) is 6. The third-order valence-electron chi connectivity index (χ3n) is 5.36. The first-order chi connectivity index (χ1) is 12.7. The first kappa shape index (κ1) is 15.1. The number of imidazole rings is 1. The Kier molecular flexibility index (Phi) is 3.31. The maximum absolute atomic E-state index is 5.61. The second kappa shape index (κ2) is 5.69.